The number of hydrogen-bond donors (Lipinski definition) is 0. The summed E-state index contributed by atoms with van der Waals surface area (Å²) in [5, 5.41) is 1.90. The van der Waals surface area contributed by atoms with E-state index in [0.29, 0.717) is 12.6 Å². The first kappa shape index (κ1) is 23.6. The average Bonchev–Trinajstić information content (AvgIpc) is 2.82. The molecule has 0 radical (unpaired) electrons. The van der Waals surface area contributed by atoms with Crippen LogP contribution in [0.5, 0.6) is 0 Å². The Hall–Kier alpha value is -1.60. The summed E-state index contributed by atoms with van der Waals surface area (Å²) in [5.41, 5.74) is 3.38. The van der Waals surface area contributed by atoms with Gasteiger partial charge in [0.05, 0.1) is 12.3 Å². The minimum absolute atomic E-state index is 0.189. The Kier molecular flexibility index (Phi) is 8.47. The fraction of sp³-hybridized carbons (Fsp3) is 0.480. The van der Waals surface area contributed by atoms with Gasteiger partial charge in [0.25, 0.3) is 0 Å². The molecule has 2 aromatic carbocycles. The Bertz CT molecular complexity index is 916. The number of thioether (sulfide) groups is 1. The second-order valence-electron chi connectivity index (χ2n) is 8.48. The second kappa shape index (κ2) is 11.5. The van der Waals surface area contributed by atoms with Crippen LogP contribution < -0.4 is 0 Å². The van der Waals surface area contributed by atoms with E-state index in [-0.39, 0.29) is 5.82 Å². The number of rotatable bonds is 8. The molecule has 4 rings (SSSR count). The van der Waals surface area contributed by atoms with Crippen LogP contribution in [0.1, 0.15) is 30.4 Å². The Labute approximate surface area is 199 Å². The number of likely N-dealkylation sites (tertiary alicyclic amines) is 1. The first-order valence-corrected chi connectivity index (χ1v) is 12.7. The zero-order chi connectivity index (χ0) is 22.3. The predicted molar refractivity (Wildman–Crippen MR) is 133 cm³/mol. The number of ether oxygens (including phenoxy) is 1. The van der Waals surface area contributed by atoms with E-state index in [1.54, 1.807) is 11.8 Å². The molecule has 0 aliphatic carbocycles. The summed E-state index contributed by atoms with van der Waals surface area (Å²) in [4.78, 5) is 9.80. The third-order valence-corrected chi connectivity index (χ3v) is 7.56. The van der Waals surface area contributed by atoms with Gasteiger partial charge in [0.15, 0.2) is 5.17 Å². The number of benzene rings is 2. The van der Waals surface area contributed by atoms with Crippen molar-refractivity contribution in [1.82, 2.24) is 9.80 Å². The minimum atomic E-state index is -0.189. The molecule has 0 saturated carbocycles. The number of nitrogens with zero attached hydrogens (tertiary/aromatic N) is 3. The normalized spacial score (nSPS) is 17.2. The number of piperidine rings is 1. The summed E-state index contributed by atoms with van der Waals surface area (Å²) in [5.74, 6) is 0.741. The van der Waals surface area contributed by atoms with Crippen LogP contribution >= 0.6 is 23.4 Å². The van der Waals surface area contributed by atoms with Crippen LogP contribution in [-0.4, -0.2) is 60.9 Å². The van der Waals surface area contributed by atoms with E-state index in [1.807, 2.05) is 30.3 Å². The van der Waals surface area contributed by atoms with E-state index in [9.17, 15) is 4.39 Å². The Morgan fingerprint density at radius 3 is 2.72 bits per heavy atom. The largest absolute Gasteiger partial charge is 0.381 e. The van der Waals surface area contributed by atoms with Gasteiger partial charge < -0.3 is 14.5 Å². The number of amidine groups is 1. The van der Waals surface area contributed by atoms with Crippen molar-refractivity contribution in [2.75, 3.05) is 39.9 Å². The summed E-state index contributed by atoms with van der Waals surface area (Å²) in [6.07, 6.45) is 4.20. The summed E-state index contributed by atoms with van der Waals surface area (Å²) in [7, 11) is 2.18. The van der Waals surface area contributed by atoms with Gasteiger partial charge in [0.2, 0.25) is 0 Å². The van der Waals surface area contributed by atoms with E-state index in [0.717, 1.165) is 79.1 Å². The highest BCUT2D eigenvalue weighted by molar-refractivity contribution is 8.13. The standard InChI is InChI=1S/C25H31ClFN3OS/c1-29(25-28-24-8-5-21(26)17-20(24)18-32-25)23-9-13-30(14-10-23)12-2-15-31-16-11-19-3-6-22(27)7-4-19/h3-8,17,23H,2,9-16,18H2,1H3. The van der Waals surface area contributed by atoms with E-state index in [2.05, 4.69) is 16.8 Å². The monoisotopic (exact) mass is 475 g/mol. The lowest BCUT2D eigenvalue weighted by molar-refractivity contribution is 0.111. The van der Waals surface area contributed by atoms with Crippen molar-refractivity contribution in [2.24, 2.45) is 4.99 Å². The fourth-order valence-electron chi connectivity index (χ4n) is 4.26. The van der Waals surface area contributed by atoms with Gasteiger partial charge in [-0.25, -0.2) is 9.38 Å². The first-order chi connectivity index (χ1) is 15.6. The predicted octanol–water partition coefficient (Wildman–Crippen LogP) is 5.76. The maximum absolute atomic E-state index is 12.9. The molecule has 2 aromatic rings. The molecule has 1 saturated heterocycles. The van der Waals surface area contributed by atoms with Crippen molar-refractivity contribution in [3.05, 3.63) is 64.4 Å². The molecule has 0 spiro atoms. The lowest BCUT2D eigenvalue weighted by Crippen LogP contribution is -2.45. The third-order valence-electron chi connectivity index (χ3n) is 6.23. The Balaban J connectivity index is 1.13. The number of halogens is 2. The fourth-order valence-corrected chi connectivity index (χ4v) is 5.48. The quantitative estimate of drug-likeness (QED) is 0.454. The molecule has 172 valence electrons. The van der Waals surface area contributed by atoms with Gasteiger partial charge in [-0.15, -0.1) is 0 Å². The Morgan fingerprint density at radius 1 is 1.16 bits per heavy atom. The lowest BCUT2D eigenvalue weighted by Gasteiger charge is -2.38. The SMILES string of the molecule is CN(C1=Nc2ccc(Cl)cc2CS1)C1CCN(CCCOCCc2ccc(F)cc2)CC1. The molecule has 1 fully saturated rings. The molecule has 0 amide bonds. The topological polar surface area (TPSA) is 28.1 Å². The zero-order valence-electron chi connectivity index (χ0n) is 18.6. The summed E-state index contributed by atoms with van der Waals surface area (Å²) >= 11 is 7.92. The van der Waals surface area contributed by atoms with Gasteiger partial charge in [-0.3, -0.25) is 0 Å². The van der Waals surface area contributed by atoms with Gasteiger partial charge >= 0.3 is 0 Å². The number of hydrogen-bond acceptors (Lipinski definition) is 5. The van der Waals surface area contributed by atoms with Gasteiger partial charge in [-0.2, -0.15) is 0 Å². The molecular weight excluding hydrogens is 445 g/mol. The first-order valence-electron chi connectivity index (χ1n) is 11.4. The van der Waals surface area contributed by atoms with Gasteiger partial charge in [0.1, 0.15) is 5.82 Å². The molecule has 2 aliphatic rings. The molecule has 2 aliphatic heterocycles. The molecule has 32 heavy (non-hydrogen) atoms. The van der Waals surface area contributed by atoms with Crippen LogP contribution in [-0.2, 0) is 16.9 Å². The highest BCUT2D eigenvalue weighted by Crippen LogP contribution is 2.34. The molecule has 7 heteroatoms. The maximum Gasteiger partial charge on any atom is 0.164 e. The van der Waals surface area contributed by atoms with E-state index >= 15 is 0 Å². The number of fused-ring (bicyclic) bond motifs is 1. The van der Waals surface area contributed by atoms with Gasteiger partial charge in [0, 0.05) is 50.1 Å². The Morgan fingerprint density at radius 2 is 1.94 bits per heavy atom. The zero-order valence-corrected chi connectivity index (χ0v) is 20.2. The van der Waals surface area contributed by atoms with Gasteiger partial charge in [-0.1, -0.05) is 35.5 Å². The highest BCUT2D eigenvalue weighted by Gasteiger charge is 2.26. The van der Waals surface area contributed by atoms with E-state index in [4.69, 9.17) is 21.3 Å². The number of aliphatic imine (C=N–C) groups is 1. The van der Waals surface area contributed by atoms with Crippen LogP contribution in [0, 0.1) is 5.82 Å². The van der Waals surface area contributed by atoms with Crippen molar-refractivity contribution in [1.29, 1.82) is 0 Å². The molecule has 0 atom stereocenters. The lowest BCUT2D eigenvalue weighted by atomic mass is 10.0. The van der Waals surface area contributed by atoms with Crippen LogP contribution in [0.4, 0.5) is 10.1 Å². The third kappa shape index (κ3) is 6.47. The van der Waals surface area contributed by atoms with Crippen molar-refractivity contribution in [3.63, 3.8) is 0 Å². The minimum Gasteiger partial charge on any atom is -0.381 e. The van der Waals surface area contributed by atoms with Crippen molar-refractivity contribution in [3.8, 4) is 0 Å². The van der Waals surface area contributed by atoms with Crippen molar-refractivity contribution >= 4 is 34.2 Å². The van der Waals surface area contributed by atoms with Crippen molar-refractivity contribution in [2.45, 2.75) is 37.5 Å². The highest BCUT2D eigenvalue weighted by atomic mass is 35.5. The van der Waals surface area contributed by atoms with E-state index in [1.165, 1.54) is 17.7 Å². The summed E-state index contributed by atoms with van der Waals surface area (Å²) in [6, 6.07) is 13.2. The van der Waals surface area contributed by atoms with Crippen LogP contribution in [0.25, 0.3) is 0 Å². The molecule has 0 aromatic heterocycles. The average molecular weight is 476 g/mol. The molecule has 2 heterocycles. The molecular formula is C25H31ClFN3OS. The molecule has 0 unspecified atom stereocenters. The molecule has 4 nitrogen and oxygen atoms in total. The van der Waals surface area contributed by atoms with E-state index < -0.39 is 0 Å². The maximum atomic E-state index is 12.9. The molecule has 0 N–H and O–H groups in total. The summed E-state index contributed by atoms with van der Waals surface area (Å²) in [6.45, 7) is 4.78. The van der Waals surface area contributed by atoms with Gasteiger partial charge in [-0.05, 0) is 67.1 Å². The smallest absolute Gasteiger partial charge is 0.164 e. The van der Waals surface area contributed by atoms with Crippen LogP contribution in [0.2, 0.25) is 5.02 Å². The van der Waals surface area contributed by atoms with Crippen LogP contribution in [0.15, 0.2) is 47.5 Å². The van der Waals surface area contributed by atoms with Crippen LogP contribution in [0.3, 0.4) is 0 Å². The summed E-state index contributed by atoms with van der Waals surface area (Å²) < 4.78 is 18.7. The second-order valence-corrected chi connectivity index (χ2v) is 9.86. The van der Waals surface area contributed by atoms with Crippen molar-refractivity contribution < 1.29 is 9.13 Å². The molecule has 0 bridgehead atoms.